The van der Waals surface area contributed by atoms with Gasteiger partial charge in [-0.25, -0.2) is 0 Å². The summed E-state index contributed by atoms with van der Waals surface area (Å²) in [7, 11) is 0. The van der Waals surface area contributed by atoms with Crippen LogP contribution in [0.25, 0.3) is 0 Å². The van der Waals surface area contributed by atoms with E-state index < -0.39 is 0 Å². The molecule has 1 rings (SSSR count). The number of furan rings is 1. The molecule has 0 fully saturated rings. The molecule has 0 bridgehead atoms. The fraction of sp³-hybridized carbons (Fsp3) is 0.500. The van der Waals surface area contributed by atoms with E-state index in [9.17, 15) is 0 Å². The Kier molecular flexibility index (Phi) is 5.08. The molecule has 0 saturated carbocycles. The van der Waals surface area contributed by atoms with Crippen molar-refractivity contribution in [3.63, 3.8) is 0 Å². The van der Waals surface area contributed by atoms with E-state index in [1.165, 1.54) is 12.0 Å². The zero-order valence-electron chi connectivity index (χ0n) is 8.83. The Bertz CT molecular complexity index is 241. The minimum absolute atomic E-state index is 0.429. The molecule has 1 N–H and O–H groups in total. The summed E-state index contributed by atoms with van der Waals surface area (Å²) in [5, 5.41) is 3.45. The van der Waals surface area contributed by atoms with Gasteiger partial charge in [0, 0.05) is 11.6 Å². The second-order valence-electron chi connectivity index (χ2n) is 3.39. The van der Waals surface area contributed by atoms with Crippen LogP contribution in [-0.2, 0) is 0 Å². The Morgan fingerprint density at radius 3 is 3.07 bits per heavy atom. The van der Waals surface area contributed by atoms with Crippen molar-refractivity contribution in [3.8, 4) is 0 Å². The van der Waals surface area contributed by atoms with Crippen molar-refractivity contribution in [1.82, 2.24) is 5.32 Å². The zero-order chi connectivity index (χ0) is 10.2. The van der Waals surface area contributed by atoms with Crippen molar-refractivity contribution in [1.29, 1.82) is 0 Å². The molecule has 0 amide bonds. The van der Waals surface area contributed by atoms with Gasteiger partial charge >= 0.3 is 0 Å². The molecule has 1 aromatic heterocycles. The van der Waals surface area contributed by atoms with Crippen LogP contribution in [0, 0.1) is 0 Å². The third-order valence-electron chi connectivity index (χ3n) is 2.30. The predicted molar refractivity (Wildman–Crippen MR) is 59.2 cm³/mol. The molecule has 2 nitrogen and oxygen atoms in total. The fourth-order valence-corrected chi connectivity index (χ4v) is 1.57. The van der Waals surface area contributed by atoms with Gasteiger partial charge in [0.15, 0.2) is 0 Å². The number of allylic oxidation sites excluding steroid dienone is 1. The lowest BCUT2D eigenvalue weighted by atomic mass is 10.0. The average Bonchev–Trinajstić information content (AvgIpc) is 2.70. The molecule has 14 heavy (non-hydrogen) atoms. The summed E-state index contributed by atoms with van der Waals surface area (Å²) in [6.45, 7) is 6.84. The number of rotatable bonds is 7. The first-order valence-corrected chi connectivity index (χ1v) is 5.24. The van der Waals surface area contributed by atoms with Gasteiger partial charge < -0.3 is 9.73 Å². The van der Waals surface area contributed by atoms with Crippen molar-refractivity contribution in [3.05, 3.63) is 36.8 Å². The minimum atomic E-state index is 0.429. The molecule has 0 aliphatic carbocycles. The fourth-order valence-electron chi connectivity index (χ4n) is 1.57. The summed E-state index contributed by atoms with van der Waals surface area (Å²) < 4.78 is 5.09. The molecule has 0 spiro atoms. The third kappa shape index (κ3) is 3.38. The van der Waals surface area contributed by atoms with Crippen molar-refractivity contribution in [2.24, 2.45) is 0 Å². The normalized spacial score (nSPS) is 12.6. The minimum Gasteiger partial charge on any atom is -0.472 e. The maximum Gasteiger partial charge on any atom is 0.0950 e. The Labute approximate surface area is 86.0 Å². The van der Waals surface area contributed by atoms with Gasteiger partial charge in [-0.05, 0) is 31.9 Å². The van der Waals surface area contributed by atoms with Crippen molar-refractivity contribution < 1.29 is 4.42 Å². The summed E-state index contributed by atoms with van der Waals surface area (Å²) in [5.74, 6) is 0. The van der Waals surface area contributed by atoms with E-state index in [4.69, 9.17) is 4.42 Å². The Hall–Kier alpha value is -1.02. The lowest BCUT2D eigenvalue weighted by Crippen LogP contribution is -2.20. The Balaban J connectivity index is 2.43. The molecule has 0 aromatic carbocycles. The molecular weight excluding hydrogens is 174 g/mol. The summed E-state index contributed by atoms with van der Waals surface area (Å²) >= 11 is 0. The summed E-state index contributed by atoms with van der Waals surface area (Å²) in [6, 6.07) is 2.46. The zero-order valence-corrected chi connectivity index (χ0v) is 8.83. The lowest BCUT2D eigenvalue weighted by Gasteiger charge is -2.15. The van der Waals surface area contributed by atoms with Crippen LogP contribution in [0.1, 0.15) is 37.8 Å². The van der Waals surface area contributed by atoms with Gasteiger partial charge in [-0.2, -0.15) is 0 Å². The van der Waals surface area contributed by atoms with Gasteiger partial charge in [-0.3, -0.25) is 0 Å². The van der Waals surface area contributed by atoms with Crippen LogP contribution < -0.4 is 5.32 Å². The second-order valence-corrected chi connectivity index (χ2v) is 3.39. The molecule has 0 radical (unpaired) electrons. The van der Waals surface area contributed by atoms with Crippen LogP contribution in [0.15, 0.2) is 35.7 Å². The van der Waals surface area contributed by atoms with Gasteiger partial charge in [-0.1, -0.05) is 13.0 Å². The lowest BCUT2D eigenvalue weighted by molar-refractivity contribution is 0.489. The SMILES string of the molecule is C=CCCCC(NCC)c1ccoc1. The molecule has 1 heterocycles. The highest BCUT2D eigenvalue weighted by atomic mass is 16.3. The van der Waals surface area contributed by atoms with Crippen molar-refractivity contribution in [2.45, 2.75) is 32.2 Å². The number of nitrogens with one attached hydrogen (secondary N) is 1. The van der Waals surface area contributed by atoms with Gasteiger partial charge in [0.2, 0.25) is 0 Å². The highest BCUT2D eigenvalue weighted by molar-refractivity contribution is 5.11. The monoisotopic (exact) mass is 193 g/mol. The van der Waals surface area contributed by atoms with E-state index in [0.717, 1.165) is 19.4 Å². The van der Waals surface area contributed by atoms with Crippen molar-refractivity contribution >= 4 is 0 Å². The topological polar surface area (TPSA) is 25.2 Å². The van der Waals surface area contributed by atoms with E-state index in [1.54, 1.807) is 6.26 Å². The van der Waals surface area contributed by atoms with Crippen LogP contribution in [-0.4, -0.2) is 6.54 Å². The Morgan fingerprint density at radius 2 is 2.50 bits per heavy atom. The van der Waals surface area contributed by atoms with E-state index in [2.05, 4.69) is 18.8 Å². The van der Waals surface area contributed by atoms with Gasteiger partial charge in [-0.15, -0.1) is 6.58 Å². The first kappa shape index (κ1) is 11.1. The molecular formula is C12H19NO. The van der Waals surface area contributed by atoms with Crippen LogP contribution >= 0.6 is 0 Å². The largest absolute Gasteiger partial charge is 0.472 e. The maximum absolute atomic E-state index is 5.09. The van der Waals surface area contributed by atoms with E-state index in [1.807, 2.05) is 18.4 Å². The third-order valence-corrected chi connectivity index (χ3v) is 2.30. The predicted octanol–water partition coefficient (Wildman–Crippen LogP) is 3.29. The van der Waals surface area contributed by atoms with Crippen LogP contribution in [0.2, 0.25) is 0 Å². The molecule has 78 valence electrons. The summed E-state index contributed by atoms with van der Waals surface area (Å²) in [6.07, 6.45) is 8.91. The highest BCUT2D eigenvalue weighted by Crippen LogP contribution is 2.19. The molecule has 1 atom stereocenters. The average molecular weight is 193 g/mol. The smallest absolute Gasteiger partial charge is 0.0950 e. The van der Waals surface area contributed by atoms with E-state index in [0.29, 0.717) is 6.04 Å². The van der Waals surface area contributed by atoms with Crippen LogP contribution in [0.4, 0.5) is 0 Å². The van der Waals surface area contributed by atoms with Gasteiger partial charge in [0.25, 0.3) is 0 Å². The number of hydrogen-bond acceptors (Lipinski definition) is 2. The molecule has 2 heteroatoms. The maximum atomic E-state index is 5.09. The number of unbranched alkanes of at least 4 members (excludes halogenated alkanes) is 1. The summed E-state index contributed by atoms with van der Waals surface area (Å²) in [4.78, 5) is 0. The highest BCUT2D eigenvalue weighted by Gasteiger charge is 2.09. The molecule has 1 unspecified atom stereocenters. The summed E-state index contributed by atoms with van der Waals surface area (Å²) in [5.41, 5.74) is 1.25. The van der Waals surface area contributed by atoms with Gasteiger partial charge in [0.1, 0.15) is 0 Å². The first-order valence-electron chi connectivity index (χ1n) is 5.24. The van der Waals surface area contributed by atoms with Crippen molar-refractivity contribution in [2.75, 3.05) is 6.54 Å². The Morgan fingerprint density at radius 1 is 1.64 bits per heavy atom. The molecule has 0 aliphatic heterocycles. The molecule has 0 saturated heterocycles. The quantitative estimate of drug-likeness (QED) is 0.531. The van der Waals surface area contributed by atoms with Crippen LogP contribution in [0.5, 0.6) is 0 Å². The van der Waals surface area contributed by atoms with E-state index in [-0.39, 0.29) is 0 Å². The molecule has 1 aromatic rings. The van der Waals surface area contributed by atoms with Crippen LogP contribution in [0.3, 0.4) is 0 Å². The number of hydrogen-bond donors (Lipinski definition) is 1. The van der Waals surface area contributed by atoms with E-state index >= 15 is 0 Å². The van der Waals surface area contributed by atoms with Gasteiger partial charge in [0.05, 0.1) is 12.5 Å². The second kappa shape index (κ2) is 6.44. The standard InChI is InChI=1S/C12H19NO/c1-3-5-6-7-12(13-4-2)11-8-9-14-10-11/h3,8-10,12-13H,1,4-7H2,2H3. The first-order chi connectivity index (χ1) is 6.88. The molecule has 0 aliphatic rings.